The molecule has 0 aliphatic carbocycles. The number of benzene rings is 1. The number of carbonyl (C=O) groups excluding carboxylic acids is 2. The van der Waals surface area contributed by atoms with Crippen LogP contribution in [0.5, 0.6) is 0 Å². The Morgan fingerprint density at radius 2 is 2.00 bits per heavy atom. The number of hydrogen-bond acceptors (Lipinski definition) is 3. The number of nitrogens with one attached hydrogen (secondary N) is 1. The van der Waals surface area contributed by atoms with E-state index < -0.39 is 11.7 Å². The Morgan fingerprint density at radius 1 is 1.28 bits per heavy atom. The van der Waals surface area contributed by atoms with Gasteiger partial charge in [0, 0.05) is 25.3 Å². The standard InChI is InChI=1S/C20H21F3N4O2/c1-2-18(28)26-8-6-17(7-9-26)25-19(29)15-11-24-27(13-15)12-14-4-3-5-16(10-14)20(21,22)23/h2-5,10-11,13,17H,1,6-9,12H2,(H,25,29). The Hall–Kier alpha value is -3.10. The third kappa shape index (κ3) is 5.24. The minimum absolute atomic E-state index is 0.0526. The van der Waals surface area contributed by atoms with Crippen LogP contribution in [0.2, 0.25) is 0 Å². The number of halogens is 3. The number of aromatic nitrogens is 2. The molecule has 0 spiro atoms. The Morgan fingerprint density at radius 3 is 2.66 bits per heavy atom. The van der Waals surface area contributed by atoms with Gasteiger partial charge in [-0.25, -0.2) is 0 Å². The van der Waals surface area contributed by atoms with Gasteiger partial charge in [-0.05, 0) is 36.6 Å². The first-order valence-electron chi connectivity index (χ1n) is 9.17. The van der Waals surface area contributed by atoms with E-state index in [-0.39, 0.29) is 24.4 Å². The normalized spacial score (nSPS) is 15.2. The van der Waals surface area contributed by atoms with Crippen molar-refractivity contribution in [2.24, 2.45) is 0 Å². The van der Waals surface area contributed by atoms with Crippen LogP contribution >= 0.6 is 0 Å². The van der Waals surface area contributed by atoms with Gasteiger partial charge in [0.15, 0.2) is 0 Å². The Kier molecular flexibility index (Phi) is 6.05. The molecule has 1 fully saturated rings. The van der Waals surface area contributed by atoms with Crippen LogP contribution in [-0.4, -0.2) is 45.6 Å². The zero-order valence-electron chi connectivity index (χ0n) is 15.7. The highest BCUT2D eigenvalue weighted by Crippen LogP contribution is 2.29. The van der Waals surface area contributed by atoms with Crippen molar-refractivity contribution in [3.05, 3.63) is 66.0 Å². The molecule has 1 N–H and O–H groups in total. The Bertz CT molecular complexity index is 899. The summed E-state index contributed by atoms with van der Waals surface area (Å²) in [6.45, 7) is 4.68. The van der Waals surface area contributed by atoms with Crippen molar-refractivity contribution in [2.75, 3.05) is 13.1 Å². The number of rotatable bonds is 5. The highest BCUT2D eigenvalue weighted by Gasteiger charge is 2.30. The molecule has 3 rings (SSSR count). The molecule has 0 atom stereocenters. The SMILES string of the molecule is C=CC(=O)N1CCC(NC(=O)c2cnn(Cc3cccc(C(F)(F)F)c3)c2)CC1. The fourth-order valence-electron chi connectivity index (χ4n) is 3.24. The number of amides is 2. The molecule has 29 heavy (non-hydrogen) atoms. The van der Waals surface area contributed by atoms with Crippen LogP contribution in [0.3, 0.4) is 0 Å². The number of carbonyl (C=O) groups is 2. The smallest absolute Gasteiger partial charge is 0.349 e. The summed E-state index contributed by atoms with van der Waals surface area (Å²) in [6.07, 6.45) is 1.05. The van der Waals surface area contributed by atoms with E-state index in [0.29, 0.717) is 37.1 Å². The van der Waals surface area contributed by atoms with E-state index in [9.17, 15) is 22.8 Å². The molecule has 9 heteroatoms. The van der Waals surface area contributed by atoms with Crippen molar-refractivity contribution in [1.29, 1.82) is 0 Å². The molecule has 0 saturated carbocycles. The molecule has 1 aromatic heterocycles. The van der Waals surface area contributed by atoms with E-state index in [1.54, 1.807) is 11.0 Å². The Labute approximate surface area is 166 Å². The van der Waals surface area contributed by atoms with Gasteiger partial charge in [0.25, 0.3) is 5.91 Å². The van der Waals surface area contributed by atoms with Gasteiger partial charge in [-0.3, -0.25) is 14.3 Å². The highest BCUT2D eigenvalue weighted by molar-refractivity contribution is 5.94. The summed E-state index contributed by atoms with van der Waals surface area (Å²) in [5, 5.41) is 6.99. The van der Waals surface area contributed by atoms with Crippen LogP contribution in [0, 0.1) is 0 Å². The van der Waals surface area contributed by atoms with Crippen molar-refractivity contribution in [3.8, 4) is 0 Å². The number of nitrogens with zero attached hydrogens (tertiary/aromatic N) is 3. The monoisotopic (exact) mass is 406 g/mol. The highest BCUT2D eigenvalue weighted by atomic mass is 19.4. The minimum atomic E-state index is -4.41. The molecular formula is C20H21F3N4O2. The third-order valence-corrected chi connectivity index (χ3v) is 4.81. The quantitative estimate of drug-likeness (QED) is 0.777. The molecule has 1 aliphatic heterocycles. The molecule has 2 amide bonds. The molecule has 0 unspecified atom stereocenters. The summed E-state index contributed by atoms with van der Waals surface area (Å²) in [5.74, 6) is -0.417. The predicted octanol–water partition coefficient (Wildman–Crippen LogP) is 2.86. The molecule has 2 heterocycles. The molecule has 2 aromatic rings. The largest absolute Gasteiger partial charge is 0.416 e. The average Bonchev–Trinajstić information content (AvgIpc) is 3.16. The summed E-state index contributed by atoms with van der Waals surface area (Å²) in [7, 11) is 0. The summed E-state index contributed by atoms with van der Waals surface area (Å²) >= 11 is 0. The lowest BCUT2D eigenvalue weighted by Gasteiger charge is -2.31. The molecule has 154 valence electrons. The van der Waals surface area contributed by atoms with Crippen LogP contribution in [0.25, 0.3) is 0 Å². The first-order valence-corrected chi connectivity index (χ1v) is 9.17. The maximum atomic E-state index is 12.8. The number of likely N-dealkylation sites (tertiary alicyclic amines) is 1. The number of alkyl halides is 3. The van der Waals surface area contributed by atoms with Gasteiger partial charge in [0.2, 0.25) is 5.91 Å². The van der Waals surface area contributed by atoms with E-state index >= 15 is 0 Å². The van der Waals surface area contributed by atoms with E-state index in [2.05, 4.69) is 17.0 Å². The fraction of sp³-hybridized carbons (Fsp3) is 0.350. The van der Waals surface area contributed by atoms with E-state index in [0.717, 1.165) is 12.1 Å². The van der Waals surface area contributed by atoms with Crippen LogP contribution in [0.15, 0.2) is 49.3 Å². The van der Waals surface area contributed by atoms with Gasteiger partial charge < -0.3 is 10.2 Å². The van der Waals surface area contributed by atoms with E-state index in [1.807, 2.05) is 0 Å². The molecule has 0 bridgehead atoms. The number of hydrogen-bond donors (Lipinski definition) is 1. The maximum Gasteiger partial charge on any atom is 0.416 e. The fourth-order valence-corrected chi connectivity index (χ4v) is 3.24. The van der Waals surface area contributed by atoms with Gasteiger partial charge in [-0.2, -0.15) is 18.3 Å². The molecule has 0 radical (unpaired) electrons. The summed E-state index contributed by atoms with van der Waals surface area (Å²) in [6, 6.07) is 4.95. The van der Waals surface area contributed by atoms with Gasteiger partial charge in [0.05, 0.1) is 23.9 Å². The van der Waals surface area contributed by atoms with Crippen LogP contribution in [0.1, 0.15) is 34.3 Å². The van der Waals surface area contributed by atoms with Crippen LogP contribution in [0.4, 0.5) is 13.2 Å². The lowest BCUT2D eigenvalue weighted by Crippen LogP contribution is -2.46. The van der Waals surface area contributed by atoms with Crippen molar-refractivity contribution < 1.29 is 22.8 Å². The van der Waals surface area contributed by atoms with Crippen molar-refractivity contribution in [2.45, 2.75) is 31.6 Å². The van der Waals surface area contributed by atoms with Gasteiger partial charge in [-0.15, -0.1) is 0 Å². The zero-order valence-corrected chi connectivity index (χ0v) is 15.7. The van der Waals surface area contributed by atoms with Crippen molar-refractivity contribution in [3.63, 3.8) is 0 Å². The van der Waals surface area contributed by atoms with Gasteiger partial charge in [0.1, 0.15) is 0 Å². The first-order chi connectivity index (χ1) is 13.8. The minimum Gasteiger partial charge on any atom is -0.349 e. The molecule has 1 aliphatic rings. The van der Waals surface area contributed by atoms with Crippen LogP contribution < -0.4 is 5.32 Å². The topological polar surface area (TPSA) is 67.2 Å². The maximum absolute atomic E-state index is 12.8. The van der Waals surface area contributed by atoms with Crippen molar-refractivity contribution in [1.82, 2.24) is 20.0 Å². The summed E-state index contributed by atoms with van der Waals surface area (Å²) in [5.41, 5.74) is 0.0529. The first kappa shape index (κ1) is 20.6. The third-order valence-electron chi connectivity index (χ3n) is 4.81. The van der Waals surface area contributed by atoms with Crippen LogP contribution in [-0.2, 0) is 17.5 Å². The van der Waals surface area contributed by atoms with E-state index in [1.165, 1.54) is 29.2 Å². The molecule has 6 nitrogen and oxygen atoms in total. The Balaban J connectivity index is 1.57. The molecule has 1 saturated heterocycles. The van der Waals surface area contributed by atoms with E-state index in [4.69, 9.17) is 0 Å². The van der Waals surface area contributed by atoms with Gasteiger partial charge in [-0.1, -0.05) is 18.7 Å². The second kappa shape index (κ2) is 8.50. The average molecular weight is 406 g/mol. The second-order valence-electron chi connectivity index (χ2n) is 6.90. The van der Waals surface area contributed by atoms with Crippen molar-refractivity contribution >= 4 is 11.8 Å². The lowest BCUT2D eigenvalue weighted by molar-refractivity contribution is -0.137. The second-order valence-corrected chi connectivity index (χ2v) is 6.90. The summed E-state index contributed by atoms with van der Waals surface area (Å²) in [4.78, 5) is 25.7. The summed E-state index contributed by atoms with van der Waals surface area (Å²) < 4.78 is 39.9. The predicted molar refractivity (Wildman–Crippen MR) is 100 cm³/mol. The van der Waals surface area contributed by atoms with Gasteiger partial charge >= 0.3 is 6.18 Å². The lowest BCUT2D eigenvalue weighted by atomic mass is 10.0. The molecular weight excluding hydrogens is 385 g/mol. The number of piperidine rings is 1. The molecule has 1 aromatic carbocycles. The zero-order chi connectivity index (χ0) is 21.0.